The third-order valence-corrected chi connectivity index (χ3v) is 14.7. The molecule has 5 aliphatic rings. The number of carbonyl (C=O) groups excluding carboxylic acids is 2. The number of fused-ring (bicyclic) bond motifs is 7. The van der Waals surface area contributed by atoms with Crippen molar-refractivity contribution in [2.45, 2.75) is 118 Å². The van der Waals surface area contributed by atoms with Gasteiger partial charge in [-0.25, -0.2) is 0 Å². The van der Waals surface area contributed by atoms with E-state index in [1.165, 1.54) is 6.07 Å². The summed E-state index contributed by atoms with van der Waals surface area (Å²) in [5, 5.41) is 45.3. The molecule has 1 aromatic carbocycles. The van der Waals surface area contributed by atoms with Gasteiger partial charge in [-0.1, -0.05) is 59.2 Å². The number of ether oxygens (including phenoxy) is 1. The fourth-order valence-electron chi connectivity index (χ4n) is 11.5. The van der Waals surface area contributed by atoms with E-state index >= 15 is 0 Å². The lowest BCUT2D eigenvalue weighted by Gasteiger charge is -2.71. The molecule has 3 N–H and O–H groups in total. The summed E-state index contributed by atoms with van der Waals surface area (Å²) in [5.41, 5.74) is -2.03. The third kappa shape index (κ3) is 4.29. The van der Waals surface area contributed by atoms with E-state index < -0.39 is 50.8 Å². The van der Waals surface area contributed by atoms with Gasteiger partial charge in [-0.2, -0.15) is 0 Å². The molecule has 0 aliphatic heterocycles. The molecule has 9 nitrogen and oxygen atoms in total. The van der Waals surface area contributed by atoms with Crippen LogP contribution < -0.4 is 0 Å². The Morgan fingerprint density at radius 1 is 0.957 bits per heavy atom. The van der Waals surface area contributed by atoms with Gasteiger partial charge in [0, 0.05) is 17.4 Å². The van der Waals surface area contributed by atoms with E-state index in [0.29, 0.717) is 18.4 Å². The van der Waals surface area contributed by atoms with Gasteiger partial charge in [0.25, 0.3) is 5.69 Å². The third-order valence-electron chi connectivity index (χ3n) is 14.7. The number of aliphatic hydroxyl groups excluding tert-OH is 3. The minimum Gasteiger partial charge on any atom is -0.460 e. The van der Waals surface area contributed by atoms with E-state index in [-0.39, 0.29) is 46.7 Å². The Morgan fingerprint density at radius 2 is 1.61 bits per heavy atom. The highest BCUT2D eigenvalue weighted by Crippen LogP contribution is 2.75. The molecule has 4 saturated carbocycles. The summed E-state index contributed by atoms with van der Waals surface area (Å²) in [6.45, 7) is 14.3. The molecule has 0 saturated heterocycles. The van der Waals surface area contributed by atoms with Gasteiger partial charge < -0.3 is 20.1 Å². The average Bonchev–Trinajstić information content (AvgIpc) is 3.00. The quantitative estimate of drug-likeness (QED) is 0.209. The van der Waals surface area contributed by atoms with Crippen molar-refractivity contribution in [3.05, 3.63) is 51.6 Å². The number of hydrogen-bond acceptors (Lipinski definition) is 8. The normalized spacial score (nSPS) is 46.1. The maximum atomic E-state index is 14.6. The number of para-hydroxylation sites is 1. The predicted octanol–water partition coefficient (Wildman–Crippen LogP) is 5.92. The highest BCUT2D eigenvalue weighted by Gasteiger charge is 2.73. The smallest absolute Gasteiger partial charge is 0.312 e. The Balaban J connectivity index is 1.34. The van der Waals surface area contributed by atoms with Crippen molar-refractivity contribution in [3.8, 4) is 0 Å². The van der Waals surface area contributed by atoms with Crippen molar-refractivity contribution in [1.29, 1.82) is 0 Å². The molecule has 0 radical (unpaired) electrons. The topological polar surface area (TPSA) is 147 Å². The van der Waals surface area contributed by atoms with E-state index in [2.05, 4.69) is 20.8 Å². The number of hydrogen-bond donors (Lipinski definition) is 3. The average molecular weight is 638 g/mol. The lowest BCUT2D eigenvalue weighted by molar-refractivity contribution is -0.385. The van der Waals surface area contributed by atoms with Gasteiger partial charge >= 0.3 is 5.97 Å². The first-order chi connectivity index (χ1) is 21.3. The lowest BCUT2D eigenvalue weighted by Crippen LogP contribution is -2.73. The molecule has 46 heavy (non-hydrogen) atoms. The number of benzene rings is 1. The first kappa shape index (κ1) is 33.3. The second-order valence-corrected chi connectivity index (χ2v) is 17.3. The molecule has 0 spiro atoms. The van der Waals surface area contributed by atoms with Gasteiger partial charge in [-0.15, -0.1) is 0 Å². The van der Waals surface area contributed by atoms with Crippen LogP contribution in [-0.4, -0.2) is 50.3 Å². The van der Waals surface area contributed by atoms with Crippen molar-refractivity contribution >= 4 is 17.4 Å². The Morgan fingerprint density at radius 3 is 2.28 bits per heavy atom. The number of aliphatic hydroxyl groups is 3. The molecule has 11 atom stereocenters. The monoisotopic (exact) mass is 637 g/mol. The van der Waals surface area contributed by atoms with Gasteiger partial charge in [0.2, 0.25) is 0 Å². The molecule has 6 rings (SSSR count). The van der Waals surface area contributed by atoms with E-state index in [1.807, 2.05) is 33.8 Å². The second-order valence-electron chi connectivity index (χ2n) is 17.3. The summed E-state index contributed by atoms with van der Waals surface area (Å²) in [4.78, 5) is 39.4. The highest BCUT2D eigenvalue weighted by molar-refractivity contribution is 5.96. The van der Waals surface area contributed by atoms with Gasteiger partial charge in [-0.3, -0.25) is 19.7 Å². The molecule has 4 fully saturated rings. The fraction of sp³-hybridized carbons (Fsp3) is 0.730. The largest absolute Gasteiger partial charge is 0.460 e. The number of nitro benzene ring substituents is 1. The molecule has 0 heterocycles. The summed E-state index contributed by atoms with van der Waals surface area (Å²) < 4.78 is 5.78. The fourth-order valence-corrected chi connectivity index (χ4v) is 11.5. The number of nitrogens with zero attached hydrogens (tertiary/aromatic N) is 1. The number of ketones is 1. The van der Waals surface area contributed by atoms with Crippen molar-refractivity contribution in [2.75, 3.05) is 0 Å². The number of carbonyl (C=O) groups is 2. The van der Waals surface area contributed by atoms with Crippen LogP contribution in [0.5, 0.6) is 0 Å². The van der Waals surface area contributed by atoms with Crippen LogP contribution in [0.1, 0.15) is 99.0 Å². The Hall–Kier alpha value is -2.62. The van der Waals surface area contributed by atoms with Crippen LogP contribution in [0.3, 0.4) is 0 Å². The minimum absolute atomic E-state index is 0.0314. The lowest BCUT2D eigenvalue weighted by atomic mass is 9.33. The Labute approximate surface area is 271 Å². The van der Waals surface area contributed by atoms with Gasteiger partial charge in [0.1, 0.15) is 12.7 Å². The van der Waals surface area contributed by atoms with E-state index in [1.54, 1.807) is 18.2 Å². The van der Waals surface area contributed by atoms with Crippen molar-refractivity contribution in [3.63, 3.8) is 0 Å². The summed E-state index contributed by atoms with van der Waals surface area (Å²) in [5.74, 6) is -1.13. The summed E-state index contributed by atoms with van der Waals surface area (Å²) in [6, 6.07) is 6.29. The number of allylic oxidation sites excluding steroid dienone is 2. The van der Waals surface area contributed by atoms with E-state index in [4.69, 9.17) is 4.74 Å². The van der Waals surface area contributed by atoms with Crippen LogP contribution in [0.4, 0.5) is 5.69 Å². The first-order valence-electron chi connectivity index (χ1n) is 17.0. The molecule has 5 aliphatic carbocycles. The predicted molar refractivity (Wildman–Crippen MR) is 171 cm³/mol. The van der Waals surface area contributed by atoms with Crippen molar-refractivity contribution in [1.82, 2.24) is 0 Å². The molecule has 0 unspecified atom stereocenters. The summed E-state index contributed by atoms with van der Waals surface area (Å²) in [6.07, 6.45) is 3.43. The maximum Gasteiger partial charge on any atom is 0.312 e. The van der Waals surface area contributed by atoms with E-state index in [9.17, 15) is 35.0 Å². The van der Waals surface area contributed by atoms with Crippen LogP contribution in [0.15, 0.2) is 35.9 Å². The van der Waals surface area contributed by atoms with Gasteiger partial charge in [0.15, 0.2) is 5.78 Å². The molecule has 0 bridgehead atoms. The van der Waals surface area contributed by atoms with Crippen LogP contribution in [0, 0.1) is 60.4 Å². The zero-order valence-electron chi connectivity index (χ0n) is 28.3. The summed E-state index contributed by atoms with van der Waals surface area (Å²) >= 11 is 0. The standard InChI is InChI=1S/C37H51NO8/c1-32(2)26-12-13-36(6)28(37(26,7)30(42)27(40)29(32)41)25(39)18-22-23-19-34(4,15-14-33(23,3)16-17-35(22,36)5)31(43)46-20-21-10-8-9-11-24(21)38(44)45/h8-11,18,23,26-30,40-42H,12-17,19-20H2,1-7H3/t23-,26-,27+,28-,29-,30-,33+,34-,35+,36+,37-/m0/s1. The van der Waals surface area contributed by atoms with E-state index in [0.717, 1.165) is 37.7 Å². The number of esters is 1. The molecular weight excluding hydrogens is 586 g/mol. The first-order valence-corrected chi connectivity index (χ1v) is 17.0. The summed E-state index contributed by atoms with van der Waals surface area (Å²) in [7, 11) is 0. The molecule has 252 valence electrons. The molecule has 0 amide bonds. The number of nitro groups is 1. The Kier molecular flexibility index (Phi) is 7.55. The van der Waals surface area contributed by atoms with Crippen molar-refractivity contribution in [2.24, 2.45) is 50.2 Å². The molecule has 0 aromatic heterocycles. The van der Waals surface area contributed by atoms with Gasteiger partial charge in [0.05, 0.1) is 28.1 Å². The SMILES string of the molecule is CC1(C)[C@@H](O)[C@@H](O)[C@H](O)[C@]2(C)[C@H]3C(=O)C=C4[C@@H]5C[C@@](C)(C(=O)OCc6ccccc6[N+](=O)[O-])CC[C@]5(C)CC[C@@]4(C)[C@]3(C)CC[C@@H]12. The van der Waals surface area contributed by atoms with Crippen LogP contribution >= 0.6 is 0 Å². The van der Waals surface area contributed by atoms with Crippen LogP contribution in [-0.2, 0) is 20.9 Å². The Bertz CT molecular complexity index is 1500. The maximum absolute atomic E-state index is 14.6. The second kappa shape index (κ2) is 10.4. The van der Waals surface area contributed by atoms with Crippen molar-refractivity contribution < 1.29 is 34.6 Å². The zero-order chi connectivity index (χ0) is 33.8. The minimum atomic E-state index is -1.35. The zero-order valence-corrected chi connectivity index (χ0v) is 28.3. The van der Waals surface area contributed by atoms with Gasteiger partial charge in [-0.05, 0) is 97.5 Å². The number of rotatable bonds is 4. The highest BCUT2D eigenvalue weighted by atomic mass is 16.6. The molecule has 1 aromatic rings. The van der Waals surface area contributed by atoms with Crippen LogP contribution in [0.2, 0.25) is 0 Å². The van der Waals surface area contributed by atoms with Crippen LogP contribution in [0.25, 0.3) is 0 Å². The molecule has 9 heteroatoms. The molecular formula is C37H51NO8.